The van der Waals surface area contributed by atoms with Gasteiger partial charge in [0, 0.05) is 24.0 Å². The number of nitrogens with zero attached hydrogens (tertiary/aromatic N) is 2. The topological polar surface area (TPSA) is 64.9 Å². The molecule has 2 aromatic heterocycles. The zero-order valence-electron chi connectivity index (χ0n) is 14.6. The second kappa shape index (κ2) is 7.49. The number of nitrogens with one attached hydrogen (secondary N) is 1. The summed E-state index contributed by atoms with van der Waals surface area (Å²) in [6.07, 6.45) is 4.89. The molecule has 2 heterocycles. The van der Waals surface area contributed by atoms with Crippen molar-refractivity contribution in [3.63, 3.8) is 0 Å². The molecule has 0 spiro atoms. The molecule has 1 N–H and O–H groups in total. The van der Waals surface area contributed by atoms with E-state index in [1.807, 2.05) is 35.7 Å². The van der Waals surface area contributed by atoms with Crippen LogP contribution in [0.25, 0.3) is 11.7 Å². The average Bonchev–Trinajstić information content (AvgIpc) is 2.96. The Bertz CT molecular complexity index is 995. The van der Waals surface area contributed by atoms with Crippen LogP contribution in [-0.2, 0) is 4.79 Å². The largest absolute Gasteiger partial charge is 0.493 e. The summed E-state index contributed by atoms with van der Waals surface area (Å²) in [5.41, 5.74) is 2.86. The van der Waals surface area contributed by atoms with Crippen molar-refractivity contribution in [1.29, 1.82) is 0 Å². The summed E-state index contributed by atoms with van der Waals surface area (Å²) in [4.78, 5) is 16.6. The van der Waals surface area contributed by atoms with Gasteiger partial charge >= 0.3 is 0 Å². The van der Waals surface area contributed by atoms with E-state index >= 15 is 0 Å². The lowest BCUT2D eigenvalue weighted by Crippen LogP contribution is -2.09. The van der Waals surface area contributed by atoms with E-state index < -0.39 is 0 Å². The van der Waals surface area contributed by atoms with Crippen LogP contribution in [0.4, 0.5) is 5.69 Å². The van der Waals surface area contributed by atoms with Gasteiger partial charge < -0.3 is 14.8 Å². The van der Waals surface area contributed by atoms with E-state index in [0.29, 0.717) is 33.7 Å². The van der Waals surface area contributed by atoms with Crippen LogP contribution in [0.5, 0.6) is 11.5 Å². The number of aryl methyl sites for hydroxylation is 1. The van der Waals surface area contributed by atoms with Gasteiger partial charge in [-0.25, -0.2) is 4.98 Å². The van der Waals surface area contributed by atoms with E-state index in [4.69, 9.17) is 21.1 Å². The molecule has 3 aromatic rings. The molecule has 0 radical (unpaired) electrons. The Kier molecular flexibility index (Phi) is 5.14. The summed E-state index contributed by atoms with van der Waals surface area (Å²) in [5.74, 6) is 0.862. The number of carbonyl (C=O) groups is 1. The summed E-state index contributed by atoms with van der Waals surface area (Å²) in [6, 6.07) is 9.12. The highest BCUT2D eigenvalue weighted by Crippen LogP contribution is 2.32. The van der Waals surface area contributed by atoms with Crippen molar-refractivity contribution < 1.29 is 14.3 Å². The first-order valence-corrected chi connectivity index (χ1v) is 8.25. The van der Waals surface area contributed by atoms with Crippen LogP contribution in [0.15, 0.2) is 42.6 Å². The molecule has 1 amide bonds. The van der Waals surface area contributed by atoms with Crippen molar-refractivity contribution in [3.8, 4) is 11.5 Å². The third-order valence-electron chi connectivity index (χ3n) is 3.90. The molecule has 134 valence electrons. The number of amides is 1. The van der Waals surface area contributed by atoms with Gasteiger partial charge in [-0.15, -0.1) is 0 Å². The zero-order valence-corrected chi connectivity index (χ0v) is 15.4. The number of hydrogen-bond acceptors (Lipinski definition) is 4. The summed E-state index contributed by atoms with van der Waals surface area (Å²) < 4.78 is 12.3. The SMILES string of the molecule is COc1cc(C)c(NC(=O)/C=C/c2c(Cl)nc3ccccn23)cc1OC. The second-order valence-electron chi connectivity index (χ2n) is 5.56. The average molecular weight is 372 g/mol. The second-order valence-corrected chi connectivity index (χ2v) is 5.92. The zero-order chi connectivity index (χ0) is 18.7. The quantitative estimate of drug-likeness (QED) is 0.689. The Morgan fingerprint density at radius 1 is 1.23 bits per heavy atom. The number of benzene rings is 1. The Labute approximate surface area is 156 Å². The van der Waals surface area contributed by atoms with E-state index in [-0.39, 0.29) is 5.91 Å². The van der Waals surface area contributed by atoms with Gasteiger partial charge in [0.1, 0.15) is 5.65 Å². The van der Waals surface area contributed by atoms with Crippen LogP contribution in [-0.4, -0.2) is 29.5 Å². The first-order valence-electron chi connectivity index (χ1n) is 7.87. The summed E-state index contributed by atoms with van der Waals surface area (Å²) in [7, 11) is 3.11. The van der Waals surface area contributed by atoms with Gasteiger partial charge in [0.25, 0.3) is 0 Å². The third kappa shape index (κ3) is 3.50. The number of imidazole rings is 1. The number of aromatic nitrogens is 2. The van der Waals surface area contributed by atoms with Crippen LogP contribution >= 0.6 is 11.6 Å². The van der Waals surface area contributed by atoms with E-state index in [1.54, 1.807) is 32.4 Å². The number of methoxy groups -OCH3 is 2. The highest BCUT2D eigenvalue weighted by atomic mass is 35.5. The van der Waals surface area contributed by atoms with Crippen molar-refractivity contribution in [2.75, 3.05) is 19.5 Å². The van der Waals surface area contributed by atoms with Gasteiger partial charge in [-0.3, -0.25) is 9.20 Å². The van der Waals surface area contributed by atoms with Gasteiger partial charge in [0.2, 0.25) is 5.91 Å². The third-order valence-corrected chi connectivity index (χ3v) is 4.18. The molecule has 0 saturated carbocycles. The Hall–Kier alpha value is -2.99. The molecule has 0 aliphatic rings. The van der Waals surface area contributed by atoms with Crippen LogP contribution in [0.1, 0.15) is 11.3 Å². The van der Waals surface area contributed by atoms with Crippen molar-refractivity contribution in [2.45, 2.75) is 6.92 Å². The molecule has 0 bridgehead atoms. The molecule has 0 fully saturated rings. The molecule has 0 unspecified atom stereocenters. The minimum absolute atomic E-state index is 0.290. The van der Waals surface area contributed by atoms with Crippen molar-refractivity contribution in [2.24, 2.45) is 0 Å². The lowest BCUT2D eigenvalue weighted by atomic mass is 10.1. The van der Waals surface area contributed by atoms with Gasteiger partial charge in [-0.1, -0.05) is 17.7 Å². The summed E-state index contributed by atoms with van der Waals surface area (Å²) in [5, 5.41) is 3.17. The number of hydrogen-bond donors (Lipinski definition) is 1. The number of carbonyl (C=O) groups excluding carboxylic acids is 1. The van der Waals surface area contributed by atoms with E-state index in [9.17, 15) is 4.79 Å². The Morgan fingerprint density at radius 3 is 2.69 bits per heavy atom. The number of rotatable bonds is 5. The standard InChI is InChI=1S/C19H18ClN3O3/c1-12-10-15(25-2)16(26-3)11-13(12)21-18(24)8-7-14-19(20)22-17-6-4-5-9-23(14)17/h4-11H,1-3H3,(H,21,24)/b8-7+. The fourth-order valence-electron chi connectivity index (χ4n) is 2.58. The molecule has 6 nitrogen and oxygen atoms in total. The minimum Gasteiger partial charge on any atom is -0.493 e. The Balaban J connectivity index is 1.83. The minimum atomic E-state index is -0.290. The Morgan fingerprint density at radius 2 is 1.96 bits per heavy atom. The lowest BCUT2D eigenvalue weighted by Gasteiger charge is -2.12. The van der Waals surface area contributed by atoms with E-state index in [2.05, 4.69) is 10.3 Å². The van der Waals surface area contributed by atoms with Crippen LogP contribution in [0.3, 0.4) is 0 Å². The fraction of sp³-hybridized carbons (Fsp3) is 0.158. The summed E-state index contributed by atoms with van der Waals surface area (Å²) in [6.45, 7) is 1.88. The molecule has 0 aliphatic carbocycles. The van der Waals surface area contributed by atoms with Gasteiger partial charge in [0.15, 0.2) is 16.7 Å². The highest BCUT2D eigenvalue weighted by molar-refractivity contribution is 6.31. The van der Waals surface area contributed by atoms with Gasteiger partial charge in [0.05, 0.1) is 19.9 Å². The predicted molar refractivity (Wildman–Crippen MR) is 102 cm³/mol. The molecule has 3 rings (SSSR count). The van der Waals surface area contributed by atoms with Gasteiger partial charge in [-0.05, 0) is 36.8 Å². The normalized spacial score (nSPS) is 11.1. The molecule has 0 atom stereocenters. The summed E-state index contributed by atoms with van der Waals surface area (Å²) >= 11 is 6.16. The highest BCUT2D eigenvalue weighted by Gasteiger charge is 2.11. The first kappa shape index (κ1) is 17.8. The number of fused-ring (bicyclic) bond motifs is 1. The van der Waals surface area contributed by atoms with Crippen molar-refractivity contribution >= 4 is 34.9 Å². The van der Waals surface area contributed by atoms with Gasteiger partial charge in [-0.2, -0.15) is 0 Å². The first-order chi connectivity index (χ1) is 12.5. The van der Waals surface area contributed by atoms with Crippen LogP contribution in [0, 0.1) is 6.92 Å². The molecule has 7 heteroatoms. The maximum atomic E-state index is 12.3. The van der Waals surface area contributed by atoms with Crippen LogP contribution in [0.2, 0.25) is 5.15 Å². The molecular formula is C19H18ClN3O3. The maximum absolute atomic E-state index is 12.3. The lowest BCUT2D eigenvalue weighted by molar-refractivity contribution is -0.111. The number of halogens is 1. The smallest absolute Gasteiger partial charge is 0.248 e. The molecule has 0 aliphatic heterocycles. The van der Waals surface area contributed by atoms with E-state index in [1.165, 1.54) is 6.08 Å². The molecule has 0 saturated heterocycles. The molecule has 26 heavy (non-hydrogen) atoms. The number of anilines is 1. The van der Waals surface area contributed by atoms with Crippen molar-refractivity contribution in [3.05, 3.63) is 59.0 Å². The number of pyridine rings is 1. The monoisotopic (exact) mass is 371 g/mol. The predicted octanol–water partition coefficient (Wildman–Crippen LogP) is 3.97. The molecule has 1 aromatic carbocycles. The van der Waals surface area contributed by atoms with E-state index in [0.717, 1.165) is 5.56 Å². The maximum Gasteiger partial charge on any atom is 0.248 e. The fourth-order valence-corrected chi connectivity index (χ4v) is 2.82. The van der Waals surface area contributed by atoms with Crippen LogP contribution < -0.4 is 14.8 Å². The van der Waals surface area contributed by atoms with Crippen molar-refractivity contribution in [1.82, 2.24) is 9.38 Å². The molecular weight excluding hydrogens is 354 g/mol. The number of ether oxygens (including phenoxy) is 2.